The second-order valence-electron chi connectivity index (χ2n) is 0.362. The van der Waals surface area contributed by atoms with Gasteiger partial charge in [-0.25, -0.2) is 4.79 Å². The fourth-order valence-electron chi connectivity index (χ4n) is 0. The van der Waals surface area contributed by atoms with E-state index >= 15 is 0 Å². The van der Waals surface area contributed by atoms with Gasteiger partial charge in [-0.3, -0.25) is 0 Å². The van der Waals surface area contributed by atoms with Gasteiger partial charge in [-0.15, -0.1) is 0 Å². The SMILES string of the molecule is O.O=C=C(F)F. The van der Waals surface area contributed by atoms with Crippen molar-refractivity contribution in [1.82, 2.24) is 0 Å². The number of hydrogen-bond acceptors (Lipinski definition) is 1. The predicted molar refractivity (Wildman–Crippen MR) is 15.0 cm³/mol. The molecule has 0 spiro atoms. The average molecular weight is 96.0 g/mol. The predicted octanol–water partition coefficient (Wildman–Crippen LogP) is -0.226. The third-order valence-electron chi connectivity index (χ3n) is 0.0772. The van der Waals surface area contributed by atoms with Gasteiger partial charge in [-0.1, -0.05) is 0 Å². The fourth-order valence-corrected chi connectivity index (χ4v) is 0. The summed E-state index contributed by atoms with van der Waals surface area (Å²) >= 11 is 0. The van der Waals surface area contributed by atoms with Gasteiger partial charge in [0.2, 0.25) is 0 Å². The highest BCUT2D eigenvalue weighted by Crippen LogP contribution is 1.84. The number of rotatable bonds is 0. The van der Waals surface area contributed by atoms with Crippen molar-refractivity contribution in [1.29, 1.82) is 0 Å². The Bertz CT molecular complexity index is 69.6. The lowest BCUT2D eigenvalue weighted by Crippen LogP contribution is -1.49. The molecule has 6 heavy (non-hydrogen) atoms. The molecule has 0 unspecified atom stereocenters. The van der Waals surface area contributed by atoms with Crippen LogP contribution < -0.4 is 0 Å². The van der Waals surface area contributed by atoms with Crippen LogP contribution in [0.5, 0.6) is 0 Å². The molecule has 4 heteroatoms. The summed E-state index contributed by atoms with van der Waals surface area (Å²) in [5.41, 5.74) is 0. The van der Waals surface area contributed by atoms with Crippen molar-refractivity contribution in [2.75, 3.05) is 0 Å². The van der Waals surface area contributed by atoms with Gasteiger partial charge in [0.25, 0.3) is 0 Å². The Morgan fingerprint density at radius 1 is 1.50 bits per heavy atom. The molecule has 0 aliphatic rings. The lowest BCUT2D eigenvalue weighted by atomic mass is 11.1. The van der Waals surface area contributed by atoms with Gasteiger partial charge in [-0.05, 0) is 0 Å². The maximum absolute atomic E-state index is 10.3. The van der Waals surface area contributed by atoms with Crippen LogP contribution in [-0.4, -0.2) is 11.4 Å². The fraction of sp³-hybridized carbons (Fsp3) is 0. The molecule has 2 nitrogen and oxygen atoms in total. The van der Waals surface area contributed by atoms with Crippen molar-refractivity contribution < 1.29 is 19.1 Å². The molecule has 0 aromatic carbocycles. The van der Waals surface area contributed by atoms with E-state index in [1.54, 1.807) is 0 Å². The highest BCUT2D eigenvalue weighted by atomic mass is 19.3. The van der Waals surface area contributed by atoms with Crippen molar-refractivity contribution in [3.8, 4) is 0 Å². The molecule has 0 saturated carbocycles. The second-order valence-corrected chi connectivity index (χ2v) is 0.362. The molecule has 0 aliphatic heterocycles. The summed E-state index contributed by atoms with van der Waals surface area (Å²) in [5, 5.41) is 0. The summed E-state index contributed by atoms with van der Waals surface area (Å²) < 4.78 is 20.5. The Morgan fingerprint density at radius 3 is 1.67 bits per heavy atom. The molecule has 0 atom stereocenters. The molecule has 36 valence electrons. The first-order chi connectivity index (χ1) is 2.27. The van der Waals surface area contributed by atoms with E-state index in [1.165, 1.54) is 0 Å². The average Bonchev–Trinajstić information content (AvgIpc) is 1.38. The van der Waals surface area contributed by atoms with Crippen LogP contribution in [0.25, 0.3) is 0 Å². The summed E-state index contributed by atoms with van der Waals surface area (Å²) in [5.74, 6) is 0.361. The molecular weight excluding hydrogens is 94.0 g/mol. The monoisotopic (exact) mass is 96.0 g/mol. The second kappa shape index (κ2) is 4.27. The minimum Gasteiger partial charge on any atom is -0.412 e. The topological polar surface area (TPSA) is 48.6 Å². The summed E-state index contributed by atoms with van der Waals surface area (Å²) in [6.07, 6.45) is -2.30. The maximum Gasteiger partial charge on any atom is 0.352 e. The van der Waals surface area contributed by atoms with Crippen molar-refractivity contribution in [3.05, 3.63) is 6.08 Å². The summed E-state index contributed by atoms with van der Waals surface area (Å²) in [7, 11) is 0. The van der Waals surface area contributed by atoms with E-state index in [2.05, 4.69) is 0 Å². The number of halogens is 2. The minimum absolute atomic E-state index is 0. The lowest BCUT2D eigenvalue weighted by Gasteiger charge is -1.51. The molecule has 0 aromatic heterocycles. The molecule has 0 saturated heterocycles. The van der Waals surface area contributed by atoms with E-state index < -0.39 is 6.08 Å². The van der Waals surface area contributed by atoms with Gasteiger partial charge in [0.1, 0.15) is 0 Å². The Balaban J connectivity index is 0. The van der Waals surface area contributed by atoms with Gasteiger partial charge >= 0.3 is 6.08 Å². The first-order valence-corrected chi connectivity index (χ1v) is 0.832. The molecule has 0 rings (SSSR count). The van der Waals surface area contributed by atoms with E-state index in [4.69, 9.17) is 4.79 Å². The van der Waals surface area contributed by atoms with Crippen LogP contribution in [0.15, 0.2) is 6.08 Å². The summed E-state index contributed by atoms with van der Waals surface area (Å²) in [4.78, 5) is 8.59. The minimum atomic E-state index is -2.30. The molecule has 0 bridgehead atoms. The molecule has 0 aliphatic carbocycles. The summed E-state index contributed by atoms with van der Waals surface area (Å²) in [6.45, 7) is 0. The normalized spacial score (nSPS) is 5.00. The van der Waals surface area contributed by atoms with Crippen molar-refractivity contribution in [2.24, 2.45) is 0 Å². The Hall–Kier alpha value is -0.730. The molecule has 0 aromatic rings. The van der Waals surface area contributed by atoms with E-state index in [1.807, 2.05) is 0 Å². The first-order valence-electron chi connectivity index (χ1n) is 0.832. The Morgan fingerprint density at radius 2 is 1.67 bits per heavy atom. The zero-order chi connectivity index (χ0) is 4.28. The molecular formula is C2H2F2O2. The van der Waals surface area contributed by atoms with Crippen molar-refractivity contribution in [3.63, 3.8) is 0 Å². The Kier molecular flexibility index (Phi) is 6.40. The lowest BCUT2D eigenvalue weighted by molar-refractivity contribution is 0.421. The van der Waals surface area contributed by atoms with E-state index in [-0.39, 0.29) is 5.48 Å². The Labute approximate surface area is 32.4 Å². The van der Waals surface area contributed by atoms with Crippen LogP contribution in [0.1, 0.15) is 0 Å². The molecule has 2 N–H and O–H groups in total. The standard InChI is InChI=1S/C2F2O.H2O/c3-2(4)1-5;/h;1H2. The molecule has 0 radical (unpaired) electrons. The van der Waals surface area contributed by atoms with Gasteiger partial charge in [0.05, 0.1) is 0 Å². The van der Waals surface area contributed by atoms with E-state index in [0.717, 1.165) is 0 Å². The van der Waals surface area contributed by atoms with Crippen LogP contribution in [0, 0.1) is 0 Å². The smallest absolute Gasteiger partial charge is 0.352 e. The van der Waals surface area contributed by atoms with Gasteiger partial charge in [0, 0.05) is 0 Å². The van der Waals surface area contributed by atoms with E-state index in [9.17, 15) is 8.78 Å². The van der Waals surface area contributed by atoms with Crippen LogP contribution >= 0.6 is 0 Å². The zero-order valence-corrected chi connectivity index (χ0v) is 2.66. The van der Waals surface area contributed by atoms with Crippen LogP contribution in [0.3, 0.4) is 0 Å². The van der Waals surface area contributed by atoms with Crippen molar-refractivity contribution >= 4 is 5.94 Å². The quantitative estimate of drug-likeness (QED) is 0.384. The maximum atomic E-state index is 10.3. The van der Waals surface area contributed by atoms with Gasteiger partial charge in [0.15, 0.2) is 5.94 Å². The van der Waals surface area contributed by atoms with Crippen LogP contribution in [0.4, 0.5) is 8.78 Å². The largest absolute Gasteiger partial charge is 0.412 e. The third-order valence-corrected chi connectivity index (χ3v) is 0.0772. The van der Waals surface area contributed by atoms with Crippen LogP contribution in [-0.2, 0) is 4.79 Å². The summed E-state index contributed by atoms with van der Waals surface area (Å²) in [6, 6.07) is 0. The molecule has 0 amide bonds. The van der Waals surface area contributed by atoms with Gasteiger partial charge < -0.3 is 5.48 Å². The highest BCUT2D eigenvalue weighted by Gasteiger charge is 1.77. The van der Waals surface area contributed by atoms with E-state index in [0.29, 0.717) is 5.94 Å². The van der Waals surface area contributed by atoms with Crippen LogP contribution in [0.2, 0.25) is 0 Å². The highest BCUT2D eigenvalue weighted by molar-refractivity contribution is 5.45. The zero-order valence-electron chi connectivity index (χ0n) is 2.66. The first kappa shape index (κ1) is 8.99. The molecule has 0 heterocycles. The van der Waals surface area contributed by atoms with Crippen molar-refractivity contribution in [2.45, 2.75) is 0 Å². The van der Waals surface area contributed by atoms with Gasteiger partial charge in [-0.2, -0.15) is 8.78 Å². The third kappa shape index (κ3) is 10.4. The number of hydrogen-bond donors (Lipinski definition) is 0. The molecule has 0 fully saturated rings. The number of carbonyl (C=O) groups excluding carboxylic acids is 1.